The summed E-state index contributed by atoms with van der Waals surface area (Å²) in [7, 11) is 0. The molecule has 0 bridgehead atoms. The third kappa shape index (κ3) is 6.57. The topological polar surface area (TPSA) is 113 Å². The van der Waals surface area contributed by atoms with Crippen LogP contribution in [0, 0.1) is 25.2 Å². The number of benzene rings is 1. The number of hydrogen-bond donors (Lipinski definition) is 2. The second kappa shape index (κ2) is 10.8. The third-order valence-electron chi connectivity index (χ3n) is 4.52. The predicted octanol–water partition coefficient (Wildman–Crippen LogP) is 3.56. The van der Waals surface area contributed by atoms with Crippen molar-refractivity contribution in [2.75, 3.05) is 17.2 Å². The molecular formula is C23H26N4O4. The summed E-state index contributed by atoms with van der Waals surface area (Å²) >= 11 is 0. The van der Waals surface area contributed by atoms with Gasteiger partial charge >= 0.3 is 5.97 Å². The average molecular weight is 422 g/mol. The van der Waals surface area contributed by atoms with Crippen LogP contribution >= 0.6 is 0 Å². The number of nitrogens with one attached hydrogen (secondary N) is 2. The number of aryl methyl sites for hydroxylation is 1. The molecule has 2 amide bonds. The lowest BCUT2D eigenvalue weighted by atomic mass is 10.1. The van der Waals surface area contributed by atoms with Gasteiger partial charge in [0.2, 0.25) is 5.91 Å². The lowest BCUT2D eigenvalue weighted by Crippen LogP contribution is -2.21. The Hall–Kier alpha value is -3.86. The van der Waals surface area contributed by atoms with Crippen LogP contribution in [0.2, 0.25) is 0 Å². The molecule has 0 aliphatic carbocycles. The van der Waals surface area contributed by atoms with Crippen molar-refractivity contribution in [2.45, 2.75) is 40.7 Å². The predicted molar refractivity (Wildman–Crippen MR) is 118 cm³/mol. The summed E-state index contributed by atoms with van der Waals surface area (Å²) in [6.07, 6.45) is 2.45. The molecule has 0 fully saturated rings. The summed E-state index contributed by atoms with van der Waals surface area (Å²) in [4.78, 5) is 35.4. The van der Waals surface area contributed by atoms with Gasteiger partial charge < -0.3 is 19.9 Å². The molecule has 0 saturated carbocycles. The number of ether oxygens (including phenoxy) is 1. The minimum absolute atomic E-state index is 0.177. The first-order valence-corrected chi connectivity index (χ1v) is 9.88. The number of carbonyl (C=O) groups excluding carboxylic acids is 3. The largest absolute Gasteiger partial charge is 0.451 e. The van der Waals surface area contributed by atoms with Crippen molar-refractivity contribution in [1.82, 2.24) is 4.57 Å². The number of esters is 1. The fourth-order valence-electron chi connectivity index (χ4n) is 3.08. The molecule has 1 heterocycles. The first-order chi connectivity index (χ1) is 14.7. The van der Waals surface area contributed by atoms with Gasteiger partial charge in [0.25, 0.3) is 5.91 Å². The van der Waals surface area contributed by atoms with E-state index in [-0.39, 0.29) is 11.5 Å². The van der Waals surface area contributed by atoms with Crippen molar-refractivity contribution in [1.29, 1.82) is 5.26 Å². The van der Waals surface area contributed by atoms with Crippen LogP contribution in [0.5, 0.6) is 0 Å². The highest BCUT2D eigenvalue weighted by Gasteiger charge is 2.15. The van der Waals surface area contributed by atoms with Gasteiger partial charge in [-0.05, 0) is 62.2 Å². The van der Waals surface area contributed by atoms with Crippen LogP contribution in [0.4, 0.5) is 11.4 Å². The highest BCUT2D eigenvalue weighted by molar-refractivity contribution is 6.00. The zero-order valence-electron chi connectivity index (χ0n) is 18.1. The van der Waals surface area contributed by atoms with E-state index in [0.717, 1.165) is 29.9 Å². The van der Waals surface area contributed by atoms with Crippen molar-refractivity contribution < 1.29 is 19.1 Å². The summed E-state index contributed by atoms with van der Waals surface area (Å²) in [5.41, 5.74) is 3.67. The maximum absolute atomic E-state index is 12.3. The summed E-state index contributed by atoms with van der Waals surface area (Å²) in [6, 6.07) is 10.2. The van der Waals surface area contributed by atoms with E-state index in [9.17, 15) is 19.6 Å². The standard InChI is InChI=1S/C23H26N4O4/c1-5-10-27-15(2)11-18(16(27)3)12-19(13-24)23(30)31-14-22(29)26-21-8-6-20(7-9-21)25-17(4)28/h6-9,11-12H,5,10,14H2,1-4H3,(H,25,28)(H,26,29)/b19-12-. The fraction of sp³-hybridized carbons (Fsp3) is 0.304. The number of carbonyl (C=O) groups is 3. The van der Waals surface area contributed by atoms with Crippen LogP contribution < -0.4 is 10.6 Å². The zero-order chi connectivity index (χ0) is 23.0. The molecular weight excluding hydrogens is 396 g/mol. The SMILES string of the molecule is CCCn1c(C)cc(/C=C(/C#N)C(=O)OCC(=O)Nc2ccc(NC(C)=O)cc2)c1C. The third-order valence-corrected chi connectivity index (χ3v) is 4.52. The molecule has 0 spiro atoms. The Labute approximate surface area is 181 Å². The minimum Gasteiger partial charge on any atom is -0.451 e. The van der Waals surface area contributed by atoms with Gasteiger partial charge in [0.1, 0.15) is 11.6 Å². The lowest BCUT2D eigenvalue weighted by molar-refractivity contribution is -0.142. The normalized spacial score (nSPS) is 10.9. The summed E-state index contributed by atoms with van der Waals surface area (Å²) in [5, 5.41) is 14.6. The molecule has 1 aromatic carbocycles. The van der Waals surface area contributed by atoms with E-state index in [1.165, 1.54) is 13.0 Å². The highest BCUT2D eigenvalue weighted by Crippen LogP contribution is 2.19. The summed E-state index contributed by atoms with van der Waals surface area (Å²) in [6.45, 7) is 7.70. The van der Waals surface area contributed by atoms with Gasteiger partial charge in [-0.25, -0.2) is 4.79 Å². The Morgan fingerprint density at radius 3 is 2.29 bits per heavy atom. The quantitative estimate of drug-likeness (QED) is 0.384. The Kier molecular flexibility index (Phi) is 8.15. The van der Waals surface area contributed by atoms with Gasteiger partial charge in [-0.15, -0.1) is 0 Å². The molecule has 0 aliphatic rings. The highest BCUT2D eigenvalue weighted by atomic mass is 16.5. The van der Waals surface area contributed by atoms with Gasteiger partial charge in [-0.2, -0.15) is 5.26 Å². The molecule has 0 atom stereocenters. The first-order valence-electron chi connectivity index (χ1n) is 9.88. The monoisotopic (exact) mass is 422 g/mol. The van der Waals surface area contributed by atoms with E-state index < -0.39 is 18.5 Å². The Bertz CT molecular complexity index is 1040. The molecule has 2 aromatic rings. The Morgan fingerprint density at radius 2 is 1.74 bits per heavy atom. The van der Waals surface area contributed by atoms with E-state index in [1.54, 1.807) is 24.3 Å². The van der Waals surface area contributed by atoms with Crippen LogP contribution in [0.3, 0.4) is 0 Å². The molecule has 8 heteroatoms. The van der Waals surface area contributed by atoms with Crippen molar-refractivity contribution in [2.24, 2.45) is 0 Å². The molecule has 0 aliphatic heterocycles. The second-order valence-electron chi connectivity index (χ2n) is 7.03. The van der Waals surface area contributed by atoms with Crippen LogP contribution in [-0.4, -0.2) is 29.0 Å². The van der Waals surface area contributed by atoms with Gasteiger partial charge in [-0.3, -0.25) is 9.59 Å². The minimum atomic E-state index is -0.862. The van der Waals surface area contributed by atoms with E-state index in [4.69, 9.17) is 4.74 Å². The molecule has 162 valence electrons. The smallest absolute Gasteiger partial charge is 0.349 e. The van der Waals surface area contributed by atoms with E-state index >= 15 is 0 Å². The van der Waals surface area contributed by atoms with Gasteiger partial charge in [0.05, 0.1) is 0 Å². The summed E-state index contributed by atoms with van der Waals surface area (Å²) in [5.74, 6) is -1.60. The van der Waals surface area contributed by atoms with Crippen molar-refractivity contribution in [3.8, 4) is 6.07 Å². The molecule has 0 unspecified atom stereocenters. The van der Waals surface area contributed by atoms with Crippen LogP contribution in [0.25, 0.3) is 6.08 Å². The molecule has 0 saturated heterocycles. The fourth-order valence-corrected chi connectivity index (χ4v) is 3.08. The molecule has 2 N–H and O–H groups in total. The van der Waals surface area contributed by atoms with Crippen molar-refractivity contribution in [3.63, 3.8) is 0 Å². The van der Waals surface area contributed by atoms with Crippen LogP contribution in [0.1, 0.15) is 37.2 Å². The molecule has 1 aromatic heterocycles. The van der Waals surface area contributed by atoms with Gasteiger partial charge in [0, 0.05) is 36.2 Å². The maximum atomic E-state index is 12.3. The maximum Gasteiger partial charge on any atom is 0.349 e. The molecule has 31 heavy (non-hydrogen) atoms. The number of aromatic nitrogens is 1. The van der Waals surface area contributed by atoms with E-state index in [0.29, 0.717) is 11.4 Å². The molecule has 2 rings (SSSR count). The zero-order valence-corrected chi connectivity index (χ0v) is 18.1. The lowest BCUT2D eigenvalue weighted by Gasteiger charge is -2.08. The Balaban J connectivity index is 1.98. The van der Waals surface area contributed by atoms with Crippen molar-refractivity contribution in [3.05, 3.63) is 52.9 Å². The molecule has 8 nitrogen and oxygen atoms in total. The number of hydrogen-bond acceptors (Lipinski definition) is 5. The van der Waals surface area contributed by atoms with E-state index in [2.05, 4.69) is 22.1 Å². The number of rotatable bonds is 8. The second-order valence-corrected chi connectivity index (χ2v) is 7.03. The van der Waals surface area contributed by atoms with E-state index in [1.807, 2.05) is 26.0 Å². The van der Waals surface area contributed by atoms with Crippen molar-refractivity contribution >= 4 is 35.2 Å². The van der Waals surface area contributed by atoms with Gasteiger partial charge in [0.15, 0.2) is 6.61 Å². The average Bonchev–Trinajstić information content (AvgIpc) is 2.99. The Morgan fingerprint density at radius 1 is 1.13 bits per heavy atom. The first kappa shape index (κ1) is 23.4. The number of amides is 2. The van der Waals surface area contributed by atoms with Gasteiger partial charge in [-0.1, -0.05) is 6.92 Å². The van der Waals surface area contributed by atoms with Crippen LogP contribution in [-0.2, 0) is 25.7 Å². The molecule has 0 radical (unpaired) electrons. The van der Waals surface area contributed by atoms with Crippen LogP contribution in [0.15, 0.2) is 35.9 Å². The number of anilines is 2. The number of nitriles is 1. The number of nitrogens with zero attached hydrogens (tertiary/aromatic N) is 2. The summed E-state index contributed by atoms with van der Waals surface area (Å²) < 4.78 is 7.12.